The first kappa shape index (κ1) is 26.6. The van der Waals surface area contributed by atoms with Crippen LogP contribution in [0.15, 0.2) is 36.7 Å². The van der Waals surface area contributed by atoms with Crippen LogP contribution in [0.4, 0.5) is 5.82 Å². The monoisotopic (exact) mass is 565 g/mol. The number of anilines is 1. The van der Waals surface area contributed by atoms with Crippen molar-refractivity contribution in [1.29, 1.82) is 0 Å². The van der Waals surface area contributed by atoms with E-state index in [9.17, 15) is 17.2 Å². The maximum atomic E-state index is 12.4. The SMILES string of the molecule is CS(=O)(=O)N1CCC(C2CCC(CN(c3cc(-c4c[nH]c5ncccc45)cc(Cl)n3)S(=O)O)CC2)CC1. The first-order valence-electron chi connectivity index (χ1n) is 12.6. The van der Waals surface area contributed by atoms with Crippen LogP contribution in [0.3, 0.4) is 0 Å². The number of aromatic amines is 1. The zero-order valence-electron chi connectivity index (χ0n) is 20.7. The molecule has 37 heavy (non-hydrogen) atoms. The Bertz CT molecular complexity index is 1380. The summed E-state index contributed by atoms with van der Waals surface area (Å²) in [4.78, 5) is 11.9. The number of nitrogens with one attached hydrogen (secondary N) is 1. The predicted octanol–water partition coefficient (Wildman–Crippen LogP) is 4.70. The van der Waals surface area contributed by atoms with Crippen molar-refractivity contribution in [3.05, 3.63) is 41.8 Å². The number of pyridine rings is 2. The number of rotatable bonds is 7. The van der Waals surface area contributed by atoms with Crippen molar-refractivity contribution in [3.8, 4) is 11.1 Å². The maximum absolute atomic E-state index is 12.4. The highest BCUT2D eigenvalue weighted by Gasteiger charge is 2.33. The molecular weight excluding hydrogens is 534 g/mol. The average Bonchev–Trinajstić information content (AvgIpc) is 3.31. The van der Waals surface area contributed by atoms with Crippen LogP contribution in [0.2, 0.25) is 5.15 Å². The summed E-state index contributed by atoms with van der Waals surface area (Å²) in [6.45, 7) is 1.64. The largest absolute Gasteiger partial charge is 0.346 e. The molecular formula is C25H32ClN5O4S2. The van der Waals surface area contributed by atoms with Gasteiger partial charge in [0.25, 0.3) is 11.3 Å². The van der Waals surface area contributed by atoms with Gasteiger partial charge < -0.3 is 4.98 Å². The van der Waals surface area contributed by atoms with Gasteiger partial charge >= 0.3 is 0 Å². The highest BCUT2D eigenvalue weighted by atomic mass is 35.5. The predicted molar refractivity (Wildman–Crippen MR) is 147 cm³/mol. The van der Waals surface area contributed by atoms with Crippen LogP contribution in [0.1, 0.15) is 38.5 Å². The molecule has 0 aromatic carbocycles. The van der Waals surface area contributed by atoms with Crippen molar-refractivity contribution in [2.75, 3.05) is 30.2 Å². The lowest BCUT2D eigenvalue weighted by Crippen LogP contribution is -2.40. The van der Waals surface area contributed by atoms with Gasteiger partial charge in [-0.2, -0.15) is 0 Å². The second kappa shape index (κ2) is 11.0. The Hall–Kier alpha value is -2.05. The molecule has 0 bridgehead atoms. The van der Waals surface area contributed by atoms with E-state index in [0.29, 0.717) is 37.3 Å². The summed E-state index contributed by atoms with van der Waals surface area (Å²) in [5, 5.41) is 1.19. The smallest absolute Gasteiger partial charge is 0.263 e. The van der Waals surface area contributed by atoms with Gasteiger partial charge in [0.1, 0.15) is 16.6 Å². The van der Waals surface area contributed by atoms with Crippen molar-refractivity contribution in [2.45, 2.75) is 38.5 Å². The Balaban J connectivity index is 1.26. The summed E-state index contributed by atoms with van der Waals surface area (Å²) in [5.74, 6) is 1.77. The molecule has 9 nitrogen and oxygen atoms in total. The Kier molecular flexibility index (Phi) is 7.88. The number of aromatic nitrogens is 3. The van der Waals surface area contributed by atoms with E-state index >= 15 is 0 Å². The number of sulfonamides is 1. The molecule has 0 radical (unpaired) electrons. The fraction of sp³-hybridized carbons (Fsp3) is 0.520. The normalized spacial score (nSPS) is 22.8. The van der Waals surface area contributed by atoms with Crippen LogP contribution in [0.25, 0.3) is 22.2 Å². The molecule has 3 aromatic heterocycles. The molecule has 1 unspecified atom stereocenters. The number of fused-ring (bicyclic) bond motifs is 1. The number of halogens is 1. The van der Waals surface area contributed by atoms with Crippen molar-refractivity contribution < 1.29 is 17.2 Å². The third-order valence-electron chi connectivity index (χ3n) is 7.94. The van der Waals surface area contributed by atoms with E-state index in [4.69, 9.17) is 11.6 Å². The topological polar surface area (TPSA) is 119 Å². The van der Waals surface area contributed by atoms with E-state index < -0.39 is 21.3 Å². The molecule has 4 heterocycles. The highest BCUT2D eigenvalue weighted by Crippen LogP contribution is 2.39. The Labute approximate surface area is 225 Å². The first-order chi connectivity index (χ1) is 17.7. The van der Waals surface area contributed by atoms with Gasteiger partial charge in [-0.05, 0) is 86.1 Å². The Morgan fingerprint density at radius 2 is 1.86 bits per heavy atom. The molecule has 1 aliphatic heterocycles. The molecule has 1 saturated heterocycles. The summed E-state index contributed by atoms with van der Waals surface area (Å²) < 4.78 is 49.2. The molecule has 1 saturated carbocycles. The lowest BCUT2D eigenvalue weighted by Gasteiger charge is -2.39. The van der Waals surface area contributed by atoms with Crippen molar-refractivity contribution in [2.24, 2.45) is 17.8 Å². The minimum Gasteiger partial charge on any atom is -0.346 e. The van der Waals surface area contributed by atoms with Crippen LogP contribution in [-0.4, -0.2) is 62.3 Å². The fourth-order valence-corrected chi connectivity index (χ4v) is 7.62. The van der Waals surface area contributed by atoms with E-state index in [-0.39, 0.29) is 11.1 Å². The van der Waals surface area contributed by atoms with Crippen molar-refractivity contribution >= 4 is 49.7 Å². The van der Waals surface area contributed by atoms with Crippen LogP contribution < -0.4 is 4.31 Å². The molecule has 1 atom stereocenters. The van der Waals surface area contributed by atoms with Crippen molar-refractivity contribution in [1.82, 2.24) is 19.3 Å². The lowest BCUT2D eigenvalue weighted by molar-refractivity contribution is 0.151. The molecule has 200 valence electrons. The second-order valence-electron chi connectivity index (χ2n) is 10.2. The molecule has 1 aliphatic carbocycles. The minimum absolute atomic E-state index is 0.255. The van der Waals surface area contributed by atoms with Gasteiger partial charge in [-0.1, -0.05) is 11.6 Å². The maximum Gasteiger partial charge on any atom is 0.263 e. The summed E-state index contributed by atoms with van der Waals surface area (Å²) >= 11 is 4.13. The van der Waals surface area contributed by atoms with Crippen molar-refractivity contribution in [3.63, 3.8) is 0 Å². The number of hydrogen-bond acceptors (Lipinski definition) is 5. The molecule has 0 amide bonds. The zero-order valence-corrected chi connectivity index (χ0v) is 23.1. The van der Waals surface area contributed by atoms with Crippen LogP contribution in [-0.2, 0) is 21.3 Å². The summed E-state index contributed by atoms with van der Waals surface area (Å²) in [6.07, 6.45) is 10.7. The summed E-state index contributed by atoms with van der Waals surface area (Å²) in [5.41, 5.74) is 2.46. The Morgan fingerprint density at radius 3 is 2.54 bits per heavy atom. The molecule has 2 fully saturated rings. The molecule has 12 heteroatoms. The third-order valence-corrected chi connectivity index (χ3v) is 10.1. The molecule has 3 aromatic rings. The van der Waals surface area contributed by atoms with Gasteiger partial charge in [0, 0.05) is 43.0 Å². The third kappa shape index (κ3) is 6.01. The van der Waals surface area contributed by atoms with Gasteiger partial charge in [-0.3, -0.25) is 8.86 Å². The van der Waals surface area contributed by atoms with Crippen LogP contribution in [0, 0.1) is 17.8 Å². The standard InChI is InChI=1S/C25H32ClN5O4S2/c1-37(34,35)30-11-8-19(9-12-30)18-6-4-17(5-7-18)16-31(36(32)33)24-14-20(13-23(26)29-24)22-15-28-25-21(22)3-2-10-27-25/h2-3,10,13-15,17-19H,4-9,11-12,16H2,1H3,(H,27,28)(H,32,33). The summed E-state index contributed by atoms with van der Waals surface area (Å²) in [6, 6.07) is 7.38. The van der Waals surface area contributed by atoms with E-state index in [2.05, 4.69) is 15.0 Å². The minimum atomic E-state index is -3.11. The van der Waals surface area contributed by atoms with Crippen LogP contribution >= 0.6 is 11.6 Å². The van der Waals surface area contributed by atoms with Gasteiger partial charge in [0.15, 0.2) is 0 Å². The molecule has 2 N–H and O–H groups in total. The number of nitrogens with zero attached hydrogens (tertiary/aromatic N) is 4. The Morgan fingerprint density at radius 1 is 1.16 bits per heavy atom. The van der Waals surface area contributed by atoms with Gasteiger partial charge in [-0.15, -0.1) is 0 Å². The number of hydrogen-bond donors (Lipinski definition) is 2. The second-order valence-corrected chi connectivity index (χ2v) is 13.5. The number of piperidine rings is 1. The van der Waals surface area contributed by atoms with Crippen LogP contribution in [0.5, 0.6) is 0 Å². The molecule has 0 spiro atoms. The highest BCUT2D eigenvalue weighted by molar-refractivity contribution is 7.88. The van der Waals surface area contributed by atoms with Gasteiger partial charge in [0.05, 0.1) is 6.26 Å². The van der Waals surface area contributed by atoms with E-state index in [1.165, 1.54) is 10.6 Å². The molecule has 5 rings (SSSR count). The van der Waals surface area contributed by atoms with E-state index in [0.717, 1.165) is 60.7 Å². The first-order valence-corrected chi connectivity index (χ1v) is 15.9. The van der Waals surface area contributed by atoms with E-state index in [1.54, 1.807) is 22.6 Å². The average molecular weight is 566 g/mol. The van der Waals surface area contributed by atoms with Gasteiger partial charge in [-0.25, -0.2) is 26.9 Å². The number of H-pyrrole nitrogens is 1. The quantitative estimate of drug-likeness (QED) is 0.316. The zero-order chi connectivity index (χ0) is 26.2. The fourth-order valence-electron chi connectivity index (χ4n) is 5.95. The molecule has 2 aliphatic rings. The lowest BCUT2D eigenvalue weighted by atomic mass is 9.73. The summed E-state index contributed by atoms with van der Waals surface area (Å²) in [7, 11) is -3.11. The van der Waals surface area contributed by atoms with Gasteiger partial charge in [0.2, 0.25) is 10.0 Å². The van der Waals surface area contributed by atoms with E-state index in [1.807, 2.05) is 18.3 Å².